The number of benzene rings is 1. The van der Waals surface area contributed by atoms with E-state index < -0.39 is 0 Å². The quantitative estimate of drug-likeness (QED) is 0.535. The maximum absolute atomic E-state index is 12.8. The topological polar surface area (TPSA) is 59.2 Å². The highest BCUT2D eigenvalue weighted by atomic mass is 16.5. The molecule has 0 fully saturated rings. The number of methoxy groups -OCH3 is 1. The van der Waals surface area contributed by atoms with Gasteiger partial charge in [0.05, 0.1) is 13.0 Å². The number of para-hydroxylation sites is 1. The summed E-state index contributed by atoms with van der Waals surface area (Å²) in [4.78, 5) is 27.9. The van der Waals surface area contributed by atoms with E-state index in [9.17, 15) is 9.59 Å². The lowest BCUT2D eigenvalue weighted by atomic mass is 9.78. The number of aromatic amines is 1. The molecular weight excluding hydrogens is 266 g/mol. The van der Waals surface area contributed by atoms with Gasteiger partial charge in [-0.25, -0.2) is 0 Å². The Balaban J connectivity index is 1.96. The summed E-state index contributed by atoms with van der Waals surface area (Å²) in [7, 11) is 1.37. The van der Waals surface area contributed by atoms with E-state index in [1.54, 1.807) is 6.20 Å². The fourth-order valence-electron chi connectivity index (χ4n) is 2.99. The molecule has 21 heavy (non-hydrogen) atoms. The predicted octanol–water partition coefficient (Wildman–Crippen LogP) is 3.11. The van der Waals surface area contributed by atoms with Crippen LogP contribution in [0.25, 0.3) is 10.9 Å². The number of ether oxygens (including phenoxy) is 1. The van der Waals surface area contributed by atoms with Crippen molar-refractivity contribution in [3.05, 3.63) is 48.2 Å². The van der Waals surface area contributed by atoms with Crippen LogP contribution in [0.15, 0.2) is 42.6 Å². The molecule has 1 heterocycles. The molecule has 0 aliphatic heterocycles. The summed E-state index contributed by atoms with van der Waals surface area (Å²) in [6.45, 7) is 0. The number of esters is 1. The van der Waals surface area contributed by atoms with Gasteiger partial charge in [-0.2, -0.15) is 0 Å². The van der Waals surface area contributed by atoms with Crippen LogP contribution in [0.1, 0.15) is 23.2 Å². The maximum atomic E-state index is 12.8. The van der Waals surface area contributed by atoms with E-state index in [4.69, 9.17) is 4.74 Å². The van der Waals surface area contributed by atoms with Crippen molar-refractivity contribution in [2.24, 2.45) is 11.8 Å². The SMILES string of the molecule is COC(=O)C1CC=CCC1C(=O)c1c[nH]c2ccccc12. The number of carbonyl (C=O) groups is 2. The monoisotopic (exact) mass is 283 g/mol. The molecule has 0 saturated carbocycles. The number of rotatable bonds is 3. The summed E-state index contributed by atoms with van der Waals surface area (Å²) < 4.78 is 4.84. The summed E-state index contributed by atoms with van der Waals surface area (Å²) in [5.41, 5.74) is 1.58. The lowest BCUT2D eigenvalue weighted by Gasteiger charge is -2.25. The summed E-state index contributed by atoms with van der Waals surface area (Å²) in [6, 6.07) is 7.69. The van der Waals surface area contributed by atoms with E-state index in [-0.39, 0.29) is 23.6 Å². The third-order valence-electron chi connectivity index (χ3n) is 4.13. The van der Waals surface area contributed by atoms with Crippen molar-refractivity contribution < 1.29 is 14.3 Å². The Morgan fingerprint density at radius 3 is 2.62 bits per heavy atom. The Kier molecular flexibility index (Phi) is 3.60. The Morgan fingerprint density at radius 2 is 1.86 bits per heavy atom. The lowest BCUT2D eigenvalue weighted by molar-refractivity contribution is -0.146. The van der Waals surface area contributed by atoms with Crippen LogP contribution in [0.2, 0.25) is 0 Å². The number of carbonyl (C=O) groups excluding carboxylic acids is 2. The van der Waals surface area contributed by atoms with Crippen LogP contribution in [0.3, 0.4) is 0 Å². The first-order valence-electron chi connectivity index (χ1n) is 7.05. The molecule has 0 bridgehead atoms. The molecule has 4 nitrogen and oxygen atoms in total. The van der Waals surface area contributed by atoms with E-state index in [2.05, 4.69) is 4.98 Å². The molecule has 3 rings (SSSR count). The van der Waals surface area contributed by atoms with Gasteiger partial charge < -0.3 is 9.72 Å². The van der Waals surface area contributed by atoms with Gasteiger partial charge in [0.1, 0.15) is 0 Å². The minimum absolute atomic E-state index is 0.00667. The molecule has 0 amide bonds. The number of ketones is 1. The highest BCUT2D eigenvalue weighted by molar-refractivity contribution is 6.10. The van der Waals surface area contributed by atoms with Gasteiger partial charge in [-0.15, -0.1) is 0 Å². The second kappa shape index (κ2) is 5.56. The average molecular weight is 283 g/mol. The van der Waals surface area contributed by atoms with Crippen molar-refractivity contribution in [2.45, 2.75) is 12.8 Å². The third kappa shape index (κ3) is 2.37. The highest BCUT2D eigenvalue weighted by Gasteiger charge is 2.35. The number of hydrogen-bond acceptors (Lipinski definition) is 3. The van der Waals surface area contributed by atoms with Crippen LogP contribution in [0.5, 0.6) is 0 Å². The van der Waals surface area contributed by atoms with E-state index >= 15 is 0 Å². The largest absolute Gasteiger partial charge is 0.469 e. The number of aromatic nitrogens is 1. The standard InChI is InChI=1S/C17H17NO3/c1-21-17(20)13-8-3-2-7-12(13)16(19)14-10-18-15-9-5-4-6-11(14)15/h2-6,9-10,12-13,18H,7-8H2,1H3. The van der Waals surface area contributed by atoms with Gasteiger partial charge >= 0.3 is 5.97 Å². The molecule has 0 radical (unpaired) electrons. The Morgan fingerprint density at radius 1 is 1.14 bits per heavy atom. The number of fused-ring (bicyclic) bond motifs is 1. The minimum Gasteiger partial charge on any atom is -0.469 e. The van der Waals surface area contributed by atoms with Crippen molar-refractivity contribution in [3.63, 3.8) is 0 Å². The van der Waals surface area contributed by atoms with Crippen LogP contribution in [-0.4, -0.2) is 23.8 Å². The van der Waals surface area contributed by atoms with Crippen LogP contribution in [0.4, 0.5) is 0 Å². The molecule has 1 aromatic heterocycles. The number of nitrogens with one attached hydrogen (secondary N) is 1. The molecule has 1 N–H and O–H groups in total. The molecular formula is C17H17NO3. The van der Waals surface area contributed by atoms with Crippen LogP contribution < -0.4 is 0 Å². The Labute approximate surface area is 122 Å². The fourth-order valence-corrected chi connectivity index (χ4v) is 2.99. The maximum Gasteiger partial charge on any atom is 0.309 e. The molecule has 108 valence electrons. The van der Waals surface area contributed by atoms with Gasteiger partial charge in [-0.1, -0.05) is 30.4 Å². The first-order chi connectivity index (χ1) is 10.2. The van der Waals surface area contributed by atoms with Crippen molar-refractivity contribution in [1.29, 1.82) is 0 Å². The van der Waals surface area contributed by atoms with Crippen molar-refractivity contribution in [3.8, 4) is 0 Å². The second-order valence-electron chi connectivity index (χ2n) is 5.29. The molecule has 4 heteroatoms. The zero-order valence-corrected chi connectivity index (χ0v) is 11.8. The van der Waals surface area contributed by atoms with E-state index in [1.165, 1.54) is 7.11 Å². The second-order valence-corrected chi connectivity index (χ2v) is 5.29. The Bertz CT molecular complexity index is 714. The van der Waals surface area contributed by atoms with E-state index in [0.29, 0.717) is 18.4 Å². The van der Waals surface area contributed by atoms with Gasteiger partial charge in [-0.3, -0.25) is 9.59 Å². The van der Waals surface area contributed by atoms with Gasteiger partial charge in [0.25, 0.3) is 0 Å². The summed E-state index contributed by atoms with van der Waals surface area (Å²) in [5.74, 6) is -1.03. The first kappa shape index (κ1) is 13.6. The smallest absolute Gasteiger partial charge is 0.309 e. The number of Topliss-reactive ketones (excluding diaryl/α,β-unsaturated/α-hetero) is 1. The number of H-pyrrole nitrogens is 1. The summed E-state index contributed by atoms with van der Waals surface area (Å²) in [6.07, 6.45) is 6.79. The lowest BCUT2D eigenvalue weighted by Crippen LogP contribution is -2.32. The third-order valence-corrected chi connectivity index (χ3v) is 4.13. The molecule has 1 aromatic carbocycles. The van der Waals surface area contributed by atoms with Crippen LogP contribution in [0, 0.1) is 11.8 Å². The van der Waals surface area contributed by atoms with Crippen molar-refractivity contribution in [1.82, 2.24) is 4.98 Å². The van der Waals surface area contributed by atoms with Crippen molar-refractivity contribution in [2.75, 3.05) is 7.11 Å². The van der Waals surface area contributed by atoms with E-state index in [1.807, 2.05) is 36.4 Å². The summed E-state index contributed by atoms with van der Waals surface area (Å²) >= 11 is 0. The number of allylic oxidation sites excluding steroid dienone is 2. The highest BCUT2D eigenvalue weighted by Crippen LogP contribution is 2.31. The minimum atomic E-state index is -0.388. The zero-order chi connectivity index (χ0) is 14.8. The predicted molar refractivity (Wildman–Crippen MR) is 80.0 cm³/mol. The fraction of sp³-hybridized carbons (Fsp3) is 0.294. The molecule has 2 aromatic rings. The molecule has 2 unspecified atom stereocenters. The van der Waals surface area contributed by atoms with Gasteiger partial charge in [-0.05, 0) is 18.9 Å². The van der Waals surface area contributed by atoms with Crippen LogP contribution in [-0.2, 0) is 9.53 Å². The normalized spacial score (nSPS) is 21.4. The molecule has 2 atom stereocenters. The zero-order valence-electron chi connectivity index (χ0n) is 11.8. The molecule has 1 aliphatic rings. The van der Waals surface area contributed by atoms with Gasteiger partial charge in [0.2, 0.25) is 0 Å². The first-order valence-corrected chi connectivity index (χ1v) is 7.05. The molecule has 1 aliphatic carbocycles. The molecule has 0 saturated heterocycles. The average Bonchev–Trinajstić information content (AvgIpc) is 2.97. The van der Waals surface area contributed by atoms with Gasteiger partial charge in [0.15, 0.2) is 5.78 Å². The van der Waals surface area contributed by atoms with E-state index in [0.717, 1.165) is 10.9 Å². The Hall–Kier alpha value is -2.36. The van der Waals surface area contributed by atoms with Crippen LogP contribution >= 0.6 is 0 Å². The molecule has 0 spiro atoms. The van der Waals surface area contributed by atoms with Gasteiger partial charge in [0, 0.05) is 28.6 Å². The summed E-state index contributed by atoms with van der Waals surface area (Å²) in [5, 5.41) is 0.903. The number of hydrogen-bond donors (Lipinski definition) is 1. The van der Waals surface area contributed by atoms with Crippen molar-refractivity contribution >= 4 is 22.7 Å².